The second kappa shape index (κ2) is 29.8. The topological polar surface area (TPSA) is 199 Å². The summed E-state index contributed by atoms with van der Waals surface area (Å²) in [5.41, 5.74) is 7.93. The molecule has 6 aromatic carbocycles. The summed E-state index contributed by atoms with van der Waals surface area (Å²) >= 11 is 15.8. The third-order valence-corrected chi connectivity index (χ3v) is 20.0. The monoisotopic (exact) mass is 1410 g/mol. The molecule has 502 valence electrons. The van der Waals surface area contributed by atoms with Crippen molar-refractivity contribution in [1.29, 1.82) is 0 Å². The fraction of sp³-hybridized carbons (Fsp3) is 0.250. The normalized spacial score (nSPS) is 19.2. The molecule has 6 aliphatic heterocycles. The predicted molar refractivity (Wildman–Crippen MR) is 373 cm³/mol. The molecule has 8 heterocycles. The summed E-state index contributed by atoms with van der Waals surface area (Å²) in [6.07, 6.45) is 3.35. The maximum Gasteiger partial charge on any atom is 0.338 e. The van der Waals surface area contributed by atoms with Crippen LogP contribution in [-0.2, 0) is 32.2 Å². The molecule has 99 heavy (non-hydrogen) atoms. The molecule has 4 saturated heterocycles. The Labute approximate surface area is 587 Å². The lowest BCUT2D eigenvalue weighted by molar-refractivity contribution is -0.137. The molecule has 14 rings (SSSR count). The van der Waals surface area contributed by atoms with E-state index in [2.05, 4.69) is 40.1 Å². The van der Waals surface area contributed by atoms with Gasteiger partial charge in [-0.15, -0.1) is 22.7 Å². The van der Waals surface area contributed by atoms with Crippen LogP contribution in [0.5, 0.6) is 11.5 Å². The number of carbonyl (C=O) groups excluding carboxylic acids is 4. The molecule has 0 aliphatic carbocycles. The number of rotatable bonds is 17. The number of fused-ring (bicyclic) bond motifs is 2. The lowest BCUT2D eigenvalue weighted by Gasteiger charge is -2.38. The van der Waals surface area contributed by atoms with Gasteiger partial charge in [0.2, 0.25) is 0 Å². The lowest BCUT2D eigenvalue weighted by Crippen LogP contribution is -2.53. The first-order valence-corrected chi connectivity index (χ1v) is 34.0. The Bertz CT molecular complexity index is 4590. The Morgan fingerprint density at radius 1 is 0.556 bits per heavy atom. The Balaban J connectivity index is 0.000000178. The van der Waals surface area contributed by atoms with Gasteiger partial charge < -0.3 is 44.4 Å². The molecule has 4 amide bonds. The van der Waals surface area contributed by atoms with E-state index >= 15 is 0 Å². The zero-order valence-electron chi connectivity index (χ0n) is 53.4. The second-order valence-electron chi connectivity index (χ2n) is 24.0. The van der Waals surface area contributed by atoms with Crippen molar-refractivity contribution in [2.75, 3.05) is 79.7 Å². The van der Waals surface area contributed by atoms with E-state index in [0.29, 0.717) is 146 Å². The fourth-order valence-corrected chi connectivity index (χ4v) is 14.7. The van der Waals surface area contributed by atoms with Gasteiger partial charge in [0.05, 0.1) is 50.6 Å². The molecule has 0 bridgehead atoms. The van der Waals surface area contributed by atoms with E-state index in [1.54, 1.807) is 36.7 Å². The first kappa shape index (κ1) is 67.2. The van der Waals surface area contributed by atoms with E-state index in [4.69, 9.17) is 60.5 Å². The van der Waals surface area contributed by atoms with Gasteiger partial charge in [0.1, 0.15) is 35.2 Å². The molecule has 2 aromatic heterocycles. The molecular weight excluding hydrogens is 1350 g/mol. The zero-order chi connectivity index (χ0) is 68.8. The number of halogens is 4. The van der Waals surface area contributed by atoms with Gasteiger partial charge in [-0.2, -0.15) is 0 Å². The third-order valence-electron chi connectivity index (χ3n) is 17.8. The Hall–Kier alpha value is -10.4. The van der Waals surface area contributed by atoms with Gasteiger partial charge in [0.25, 0.3) is 0 Å². The summed E-state index contributed by atoms with van der Waals surface area (Å²) in [5.74, 6) is 0.130. The van der Waals surface area contributed by atoms with Crippen molar-refractivity contribution in [1.82, 2.24) is 50.0 Å². The average molecular weight is 1410 g/mol. The van der Waals surface area contributed by atoms with E-state index in [0.717, 1.165) is 22.3 Å². The molecular formula is C72H62Cl2F2N14O7S2. The number of hydrogen-bond donors (Lipinski definition) is 2. The van der Waals surface area contributed by atoms with E-state index in [1.165, 1.54) is 73.3 Å². The number of benzene rings is 6. The standard InChI is InChI=1S/C36H31ClFN7O4S.C36H31ClFN7O3S/c1-39-24-6-10-27(11-7-24)49-26-8-3-22(4-9-26)18-44-20-25-19-43(14-15-45(25)36(44)47)21-30-31(35(46)48-2)32(28-12-5-23(38)17-29(28)37)42-33(41-30)34-40-13-16-50-34;1-39-26-10-7-24(8-11-26)23-5-3-22(4-6-23)18-44-20-27-19-43(14-15-45(27)36(44)47)21-30-31(35(46)48-2)32(28-12-9-25(38)17-29(28)37)42-33(41-30)34-40-13-16-49-34/h3-13,16-17,25,32H,14-15,18-21H2,2H3,(H,41,42);3-13,16-17,27,32H,14-15,18-21H2,2H3,(H,41,42)/t25-,32-;27-,32-/m00/s1. The van der Waals surface area contributed by atoms with Crippen molar-refractivity contribution in [2.45, 2.75) is 37.3 Å². The number of piperazine rings is 2. The van der Waals surface area contributed by atoms with Crippen LogP contribution in [0.3, 0.4) is 0 Å². The van der Waals surface area contributed by atoms with Crippen LogP contribution in [0.15, 0.2) is 189 Å². The Kier molecular flexibility index (Phi) is 20.2. The molecule has 27 heteroatoms. The molecule has 0 spiro atoms. The van der Waals surface area contributed by atoms with Crippen LogP contribution in [0, 0.1) is 24.8 Å². The van der Waals surface area contributed by atoms with Gasteiger partial charge in [0, 0.05) is 134 Å². The largest absolute Gasteiger partial charge is 0.466 e. The Morgan fingerprint density at radius 2 is 0.960 bits per heavy atom. The summed E-state index contributed by atoms with van der Waals surface area (Å²) in [4.78, 5) is 90.9. The van der Waals surface area contributed by atoms with Crippen LogP contribution in [-0.4, -0.2) is 167 Å². The Morgan fingerprint density at radius 3 is 1.35 bits per heavy atom. The van der Waals surface area contributed by atoms with E-state index in [-0.39, 0.29) is 45.3 Å². The third kappa shape index (κ3) is 14.9. The minimum atomic E-state index is -0.850. The highest BCUT2D eigenvalue weighted by Gasteiger charge is 2.44. The van der Waals surface area contributed by atoms with E-state index in [9.17, 15) is 28.0 Å². The van der Waals surface area contributed by atoms with Gasteiger partial charge in [-0.3, -0.25) is 19.8 Å². The van der Waals surface area contributed by atoms with E-state index in [1.807, 2.05) is 103 Å². The highest BCUT2D eigenvalue weighted by Crippen LogP contribution is 2.40. The highest BCUT2D eigenvalue weighted by atomic mass is 35.5. The molecule has 6 aliphatic rings. The number of thiazole rings is 2. The SMILES string of the molecule is [C-]#[N+]c1ccc(-c2ccc(CN3C[C@@H]4CN(CC5=C(C(=O)OC)[C@H](c6ccc(F)cc6Cl)N=C(c6nccs6)N5)CCN4C3=O)cc2)cc1.[C-]#[N+]c1ccc(Oc2ccc(CN3C[C@@H]4CN(CC5=C(C(=O)OC)[C@H](c6ccc(F)cc6Cl)N=C(c6nccs6)N5)CCN4C3=O)cc2)cc1. The van der Waals surface area contributed by atoms with Crippen molar-refractivity contribution < 1.29 is 42.2 Å². The molecule has 4 atom stereocenters. The second-order valence-corrected chi connectivity index (χ2v) is 26.6. The van der Waals surface area contributed by atoms with Crippen molar-refractivity contribution in [3.05, 3.63) is 256 Å². The number of aromatic nitrogens is 2. The number of amidine groups is 2. The number of ether oxygens (including phenoxy) is 3. The number of amides is 4. The number of nitrogens with zero attached hydrogens (tertiary/aromatic N) is 12. The molecule has 0 saturated carbocycles. The maximum absolute atomic E-state index is 14.0. The number of esters is 2. The molecule has 8 aromatic rings. The number of urea groups is 2. The van der Waals surface area contributed by atoms with Crippen LogP contribution in [0.25, 0.3) is 20.8 Å². The predicted octanol–water partition coefficient (Wildman–Crippen LogP) is 12.7. The number of aliphatic imine (C=N–C) groups is 2. The van der Waals surface area contributed by atoms with Crippen molar-refractivity contribution in [3.8, 4) is 22.6 Å². The van der Waals surface area contributed by atoms with E-state index < -0.39 is 35.7 Å². The molecule has 21 nitrogen and oxygen atoms in total. The van der Waals surface area contributed by atoms with Gasteiger partial charge in [-0.1, -0.05) is 108 Å². The van der Waals surface area contributed by atoms with Crippen molar-refractivity contribution in [3.63, 3.8) is 0 Å². The summed E-state index contributed by atoms with van der Waals surface area (Å²) < 4.78 is 44.4. The summed E-state index contributed by atoms with van der Waals surface area (Å²) in [6.45, 7) is 20.5. The average Bonchev–Trinajstić information content (AvgIpc) is 1.61. The number of carbonyl (C=O) groups is 4. The summed E-state index contributed by atoms with van der Waals surface area (Å²) in [7, 11) is 2.63. The van der Waals surface area contributed by atoms with Gasteiger partial charge >= 0.3 is 24.0 Å². The van der Waals surface area contributed by atoms with Gasteiger partial charge in [0.15, 0.2) is 33.1 Å². The number of hydrogen-bond acceptors (Lipinski definition) is 17. The van der Waals surface area contributed by atoms with Gasteiger partial charge in [-0.25, -0.2) is 47.6 Å². The minimum absolute atomic E-state index is 0.00987. The first-order chi connectivity index (χ1) is 48.1. The quantitative estimate of drug-likeness (QED) is 0.0645. The molecule has 4 fully saturated rings. The zero-order valence-corrected chi connectivity index (χ0v) is 56.5. The van der Waals surface area contributed by atoms with Crippen molar-refractivity contribution in [2.24, 2.45) is 9.98 Å². The molecule has 0 unspecified atom stereocenters. The molecule has 0 radical (unpaired) electrons. The fourth-order valence-electron chi connectivity index (χ4n) is 13.0. The minimum Gasteiger partial charge on any atom is -0.466 e. The van der Waals surface area contributed by atoms with Gasteiger partial charge in [-0.05, 0) is 70.8 Å². The van der Waals surface area contributed by atoms with Crippen LogP contribution in [0.2, 0.25) is 10.0 Å². The number of methoxy groups -OCH3 is 2. The van der Waals surface area contributed by atoms with Crippen LogP contribution in [0.1, 0.15) is 44.4 Å². The molecule has 2 N–H and O–H groups in total. The summed E-state index contributed by atoms with van der Waals surface area (Å²) in [6, 6.07) is 36.5. The smallest absolute Gasteiger partial charge is 0.338 e. The highest BCUT2D eigenvalue weighted by molar-refractivity contribution is 7.12. The van der Waals surface area contributed by atoms with Crippen molar-refractivity contribution >= 4 is 92.9 Å². The number of nitrogens with one attached hydrogen (secondary N) is 2. The summed E-state index contributed by atoms with van der Waals surface area (Å²) in [5, 5.41) is 11.9. The van der Waals surface area contributed by atoms with Crippen LogP contribution in [0.4, 0.5) is 29.7 Å². The first-order valence-electron chi connectivity index (χ1n) is 31.5. The van der Waals surface area contributed by atoms with Crippen LogP contribution >= 0.6 is 45.9 Å². The maximum atomic E-state index is 14.0. The van der Waals surface area contributed by atoms with Crippen LogP contribution < -0.4 is 15.4 Å². The lowest BCUT2D eigenvalue weighted by atomic mass is 9.95.